The maximum atomic E-state index is 11.4. The van der Waals surface area contributed by atoms with Crippen molar-refractivity contribution in [3.63, 3.8) is 0 Å². The summed E-state index contributed by atoms with van der Waals surface area (Å²) in [6.07, 6.45) is -0.426. The molecule has 0 aliphatic heterocycles. The van der Waals surface area contributed by atoms with Crippen LogP contribution >= 0.6 is 0 Å². The molecular weight excluding hydrogens is 200 g/mol. The topological polar surface area (TPSA) is 112 Å². The summed E-state index contributed by atoms with van der Waals surface area (Å²) in [5.74, 6) is -3.82. The van der Waals surface area contributed by atoms with Crippen molar-refractivity contribution in [2.75, 3.05) is 0 Å². The summed E-state index contributed by atoms with van der Waals surface area (Å²) in [7, 11) is 0. The highest BCUT2D eigenvalue weighted by atomic mass is 16.6. The maximum absolute atomic E-state index is 11.4. The van der Waals surface area contributed by atoms with E-state index >= 15 is 0 Å². The summed E-state index contributed by atoms with van der Waals surface area (Å²) >= 11 is 0. The lowest BCUT2D eigenvalue weighted by Crippen LogP contribution is -2.38. The van der Waals surface area contributed by atoms with Crippen LogP contribution in [0.5, 0.6) is 0 Å². The molecule has 0 saturated heterocycles. The molecule has 0 aliphatic carbocycles. The predicted molar refractivity (Wildman–Crippen MR) is 52.3 cm³/mol. The third-order valence-electron chi connectivity index (χ3n) is 1.44. The van der Waals surface area contributed by atoms with Crippen molar-refractivity contribution in [1.82, 2.24) is 0 Å². The zero-order valence-corrected chi connectivity index (χ0v) is 9.07. The lowest BCUT2D eigenvalue weighted by Gasteiger charge is -2.22. The SMILES string of the molecule is CC(C)(C)OC(=O)C(CC(N)=O)C(N)=O. The Labute approximate surface area is 87.9 Å². The Balaban J connectivity index is 4.57. The van der Waals surface area contributed by atoms with Gasteiger partial charge in [0.05, 0.1) is 0 Å². The molecule has 0 aromatic heterocycles. The van der Waals surface area contributed by atoms with Gasteiger partial charge < -0.3 is 16.2 Å². The van der Waals surface area contributed by atoms with Crippen LogP contribution < -0.4 is 11.5 Å². The smallest absolute Gasteiger partial charge is 0.319 e. The normalized spacial score (nSPS) is 13.0. The van der Waals surface area contributed by atoms with E-state index in [4.69, 9.17) is 16.2 Å². The molecule has 1 atom stereocenters. The summed E-state index contributed by atoms with van der Waals surface area (Å²) in [4.78, 5) is 32.9. The third-order valence-corrected chi connectivity index (χ3v) is 1.44. The second kappa shape index (κ2) is 4.77. The fraction of sp³-hybridized carbons (Fsp3) is 0.667. The first-order valence-electron chi connectivity index (χ1n) is 4.44. The third kappa shape index (κ3) is 5.66. The van der Waals surface area contributed by atoms with Gasteiger partial charge in [0.2, 0.25) is 11.8 Å². The van der Waals surface area contributed by atoms with E-state index in [9.17, 15) is 14.4 Å². The van der Waals surface area contributed by atoms with Crippen LogP contribution in [0, 0.1) is 5.92 Å². The number of amides is 2. The van der Waals surface area contributed by atoms with E-state index in [1.807, 2.05) is 0 Å². The summed E-state index contributed by atoms with van der Waals surface area (Å²) in [5, 5.41) is 0. The van der Waals surface area contributed by atoms with E-state index in [1.165, 1.54) is 0 Å². The molecule has 0 aromatic rings. The minimum absolute atomic E-state index is 0.426. The fourth-order valence-corrected chi connectivity index (χ4v) is 0.874. The van der Waals surface area contributed by atoms with Gasteiger partial charge in [0.25, 0.3) is 0 Å². The summed E-state index contributed by atoms with van der Waals surface area (Å²) < 4.78 is 4.91. The van der Waals surface area contributed by atoms with Gasteiger partial charge in [-0.05, 0) is 20.8 Å². The number of nitrogens with two attached hydrogens (primary N) is 2. The van der Waals surface area contributed by atoms with E-state index in [-0.39, 0.29) is 0 Å². The molecule has 4 N–H and O–H groups in total. The van der Waals surface area contributed by atoms with Gasteiger partial charge in [-0.2, -0.15) is 0 Å². The summed E-state index contributed by atoms with van der Waals surface area (Å²) in [5.41, 5.74) is 9.10. The van der Waals surface area contributed by atoms with Gasteiger partial charge >= 0.3 is 5.97 Å². The lowest BCUT2D eigenvalue weighted by molar-refractivity contribution is -0.163. The van der Waals surface area contributed by atoms with Crippen LogP contribution in [0.15, 0.2) is 0 Å². The molecule has 1 unspecified atom stereocenters. The first-order chi connectivity index (χ1) is 6.63. The van der Waals surface area contributed by atoms with Crippen molar-refractivity contribution >= 4 is 17.8 Å². The number of carbonyl (C=O) groups is 3. The first-order valence-corrected chi connectivity index (χ1v) is 4.44. The van der Waals surface area contributed by atoms with Gasteiger partial charge in [0, 0.05) is 6.42 Å². The monoisotopic (exact) mass is 216 g/mol. The van der Waals surface area contributed by atoms with E-state index in [0.29, 0.717) is 0 Å². The number of carbonyl (C=O) groups excluding carboxylic acids is 3. The van der Waals surface area contributed by atoms with Crippen LogP contribution in [-0.2, 0) is 19.1 Å². The van der Waals surface area contributed by atoms with Crippen molar-refractivity contribution in [3.8, 4) is 0 Å². The van der Waals surface area contributed by atoms with Crippen LogP contribution in [0.2, 0.25) is 0 Å². The van der Waals surface area contributed by atoms with Crippen LogP contribution in [0.1, 0.15) is 27.2 Å². The van der Waals surface area contributed by atoms with Crippen molar-refractivity contribution in [2.24, 2.45) is 17.4 Å². The van der Waals surface area contributed by atoms with Crippen LogP contribution in [-0.4, -0.2) is 23.4 Å². The molecular formula is C9H16N2O4. The van der Waals surface area contributed by atoms with E-state index in [0.717, 1.165) is 0 Å². The molecule has 86 valence electrons. The van der Waals surface area contributed by atoms with Crippen LogP contribution in [0.25, 0.3) is 0 Å². The molecule has 0 rings (SSSR count). The highest BCUT2D eigenvalue weighted by Crippen LogP contribution is 2.13. The van der Waals surface area contributed by atoms with E-state index in [2.05, 4.69) is 0 Å². The Morgan fingerprint density at radius 1 is 1.20 bits per heavy atom. The molecule has 0 radical (unpaired) electrons. The Hall–Kier alpha value is -1.59. The van der Waals surface area contributed by atoms with Gasteiger partial charge in [0.15, 0.2) is 0 Å². The highest BCUT2D eigenvalue weighted by molar-refractivity contribution is 6.00. The first kappa shape index (κ1) is 13.4. The Morgan fingerprint density at radius 2 is 1.67 bits per heavy atom. The molecule has 0 bridgehead atoms. The second-order valence-corrected chi connectivity index (χ2v) is 4.16. The lowest BCUT2D eigenvalue weighted by atomic mass is 10.0. The highest BCUT2D eigenvalue weighted by Gasteiger charge is 2.30. The fourth-order valence-electron chi connectivity index (χ4n) is 0.874. The molecule has 2 amide bonds. The zero-order chi connectivity index (χ0) is 12.2. The van der Waals surface area contributed by atoms with Crippen LogP contribution in [0.3, 0.4) is 0 Å². The molecule has 15 heavy (non-hydrogen) atoms. The van der Waals surface area contributed by atoms with Gasteiger partial charge in [0.1, 0.15) is 11.5 Å². The van der Waals surface area contributed by atoms with E-state index < -0.39 is 35.7 Å². The van der Waals surface area contributed by atoms with Gasteiger partial charge in [-0.25, -0.2) is 0 Å². The van der Waals surface area contributed by atoms with Gasteiger partial charge in [-0.1, -0.05) is 0 Å². The Kier molecular flexibility index (Phi) is 4.26. The van der Waals surface area contributed by atoms with Crippen molar-refractivity contribution in [1.29, 1.82) is 0 Å². The molecule has 0 aliphatic rings. The van der Waals surface area contributed by atoms with Crippen molar-refractivity contribution < 1.29 is 19.1 Å². The zero-order valence-electron chi connectivity index (χ0n) is 9.07. The standard InChI is InChI=1S/C9H16N2O4/c1-9(2,3)15-8(14)5(7(11)13)4-6(10)12/h5H,4H2,1-3H3,(H2,10,12)(H2,11,13). The Morgan fingerprint density at radius 3 is 1.93 bits per heavy atom. The molecule has 0 fully saturated rings. The number of ether oxygens (including phenoxy) is 1. The molecule has 0 spiro atoms. The Bertz CT molecular complexity index is 280. The van der Waals surface area contributed by atoms with E-state index in [1.54, 1.807) is 20.8 Å². The van der Waals surface area contributed by atoms with Gasteiger partial charge in [-0.15, -0.1) is 0 Å². The largest absolute Gasteiger partial charge is 0.459 e. The average Bonchev–Trinajstić information content (AvgIpc) is 1.95. The maximum Gasteiger partial charge on any atom is 0.319 e. The minimum atomic E-state index is -1.30. The number of hydrogen-bond donors (Lipinski definition) is 2. The van der Waals surface area contributed by atoms with Crippen LogP contribution in [0.4, 0.5) is 0 Å². The molecule has 6 nitrogen and oxygen atoms in total. The quantitative estimate of drug-likeness (QED) is 0.478. The molecule has 0 saturated carbocycles. The summed E-state index contributed by atoms with van der Waals surface area (Å²) in [6.45, 7) is 4.94. The summed E-state index contributed by atoms with van der Waals surface area (Å²) in [6, 6.07) is 0. The van der Waals surface area contributed by atoms with Crippen molar-refractivity contribution in [2.45, 2.75) is 32.8 Å². The molecule has 0 heterocycles. The average molecular weight is 216 g/mol. The number of esters is 1. The van der Waals surface area contributed by atoms with Gasteiger partial charge in [-0.3, -0.25) is 14.4 Å². The minimum Gasteiger partial charge on any atom is -0.459 e. The number of rotatable bonds is 4. The number of hydrogen-bond acceptors (Lipinski definition) is 4. The second-order valence-electron chi connectivity index (χ2n) is 4.16. The predicted octanol–water partition coefficient (Wildman–Crippen LogP) is -0.695. The number of primary amides is 2. The molecule has 0 aromatic carbocycles. The molecule has 6 heteroatoms. The van der Waals surface area contributed by atoms with Crippen molar-refractivity contribution in [3.05, 3.63) is 0 Å².